The summed E-state index contributed by atoms with van der Waals surface area (Å²) < 4.78 is 6.99. The lowest BCUT2D eigenvalue weighted by Gasteiger charge is -2.29. The molecule has 3 aromatic carbocycles. The molecule has 0 amide bonds. The fourth-order valence-electron chi connectivity index (χ4n) is 5.43. The average molecular weight is 579 g/mol. The maximum absolute atomic E-state index is 13.4. The van der Waals surface area contributed by atoms with Crippen molar-refractivity contribution >= 4 is 67.4 Å². The normalized spacial score (nSPS) is 16.5. The summed E-state index contributed by atoms with van der Waals surface area (Å²) in [5, 5.41) is 2.38. The molecular formula is C33H28N3OS3+. The minimum absolute atomic E-state index is 0.0627. The van der Waals surface area contributed by atoms with E-state index in [0.717, 1.165) is 33.6 Å². The van der Waals surface area contributed by atoms with Gasteiger partial charge >= 0.3 is 0 Å². The van der Waals surface area contributed by atoms with Gasteiger partial charge in [0.25, 0.3) is 10.6 Å². The lowest BCUT2D eigenvalue weighted by atomic mass is 10.0. The van der Waals surface area contributed by atoms with E-state index in [0.29, 0.717) is 0 Å². The third-order valence-electron chi connectivity index (χ3n) is 7.50. The zero-order valence-electron chi connectivity index (χ0n) is 22.3. The Bertz CT molecular complexity index is 2000. The van der Waals surface area contributed by atoms with Gasteiger partial charge in [-0.3, -0.25) is 4.79 Å². The van der Waals surface area contributed by atoms with E-state index in [-0.39, 0.29) is 5.56 Å². The highest BCUT2D eigenvalue weighted by atomic mass is 32.2. The van der Waals surface area contributed by atoms with Crippen LogP contribution in [-0.4, -0.2) is 16.0 Å². The second-order valence-electron chi connectivity index (χ2n) is 10.0. The molecule has 0 bridgehead atoms. The fourth-order valence-corrected chi connectivity index (χ4v) is 8.99. The van der Waals surface area contributed by atoms with Gasteiger partial charge in [0.15, 0.2) is 0 Å². The summed E-state index contributed by atoms with van der Waals surface area (Å²) in [5.74, 6) is 0. The summed E-state index contributed by atoms with van der Waals surface area (Å²) in [7, 11) is 3.97. The molecule has 7 heteroatoms. The van der Waals surface area contributed by atoms with Gasteiger partial charge in [-0.25, -0.2) is 0 Å². The Morgan fingerprint density at radius 3 is 2.30 bits per heavy atom. The molecule has 0 fully saturated rings. The Labute approximate surface area is 245 Å². The van der Waals surface area contributed by atoms with Crippen LogP contribution >= 0.6 is 34.4 Å². The molecule has 0 radical (unpaired) electrons. The quantitative estimate of drug-likeness (QED) is 0.257. The van der Waals surface area contributed by atoms with E-state index in [1.807, 2.05) is 18.8 Å². The monoisotopic (exact) mass is 578 g/mol. The summed E-state index contributed by atoms with van der Waals surface area (Å²) >= 11 is 5.17. The van der Waals surface area contributed by atoms with Crippen molar-refractivity contribution in [1.29, 1.82) is 0 Å². The first-order valence-electron chi connectivity index (χ1n) is 13.4. The van der Waals surface area contributed by atoms with Gasteiger partial charge < -0.3 is 9.47 Å². The molecule has 0 saturated heterocycles. The minimum Gasteiger partial charge on any atom is -0.334 e. The van der Waals surface area contributed by atoms with E-state index in [1.54, 1.807) is 27.2 Å². The van der Waals surface area contributed by atoms with E-state index in [2.05, 4.69) is 114 Å². The van der Waals surface area contributed by atoms with Gasteiger partial charge in [-0.2, -0.15) is 4.57 Å². The molecule has 0 aliphatic carbocycles. The molecule has 0 spiro atoms. The number of benzene rings is 3. The van der Waals surface area contributed by atoms with Crippen LogP contribution in [-0.2, 0) is 14.1 Å². The first kappa shape index (κ1) is 25.3. The summed E-state index contributed by atoms with van der Waals surface area (Å²) in [4.78, 5) is 17.2. The molecule has 0 atom stereocenters. The number of aryl methyl sites for hydroxylation is 1. The summed E-state index contributed by atoms with van der Waals surface area (Å²) in [5.41, 5.74) is 6.23. The highest BCUT2D eigenvalue weighted by Crippen LogP contribution is 2.53. The van der Waals surface area contributed by atoms with Crippen LogP contribution in [0.15, 0.2) is 100 Å². The smallest absolute Gasteiger partial charge is 0.268 e. The van der Waals surface area contributed by atoms with Crippen molar-refractivity contribution in [3.63, 3.8) is 0 Å². The molecule has 0 unspecified atom stereocenters. The fraction of sp³-hybridized carbons (Fsp3) is 0.152. The van der Waals surface area contributed by atoms with Crippen molar-refractivity contribution in [1.82, 2.24) is 9.47 Å². The summed E-state index contributed by atoms with van der Waals surface area (Å²) in [6.07, 6.45) is 6.32. The summed E-state index contributed by atoms with van der Waals surface area (Å²) in [6.45, 7) is 0.976. The molecule has 7 rings (SSSR count). The number of thiazole rings is 2. The number of hydrogen-bond donors (Lipinski definition) is 0. The molecule has 2 aliphatic rings. The number of hydrogen-bond acceptors (Lipinski definition) is 5. The molecule has 0 N–H and O–H groups in total. The maximum Gasteiger partial charge on any atom is 0.268 e. The van der Waals surface area contributed by atoms with Gasteiger partial charge in [-0.1, -0.05) is 95.9 Å². The largest absolute Gasteiger partial charge is 0.334 e. The first-order valence-corrected chi connectivity index (χ1v) is 15.8. The molecular weight excluding hydrogens is 551 g/mol. The van der Waals surface area contributed by atoms with E-state index >= 15 is 0 Å². The van der Waals surface area contributed by atoms with Crippen LogP contribution < -0.4 is 19.3 Å². The number of allylic oxidation sites excluding steroid dienone is 1. The van der Waals surface area contributed by atoms with Crippen molar-refractivity contribution in [3.8, 4) is 0 Å². The van der Waals surface area contributed by atoms with Gasteiger partial charge in [-0.05, 0) is 41.7 Å². The van der Waals surface area contributed by atoms with Crippen LogP contribution in [0, 0.1) is 0 Å². The highest BCUT2D eigenvalue weighted by molar-refractivity contribution is 8.12. The zero-order chi connectivity index (χ0) is 27.2. The van der Waals surface area contributed by atoms with Crippen LogP contribution in [0.3, 0.4) is 0 Å². The predicted molar refractivity (Wildman–Crippen MR) is 170 cm³/mol. The molecule has 5 aromatic rings. The Morgan fingerprint density at radius 1 is 0.850 bits per heavy atom. The number of thioether (sulfide) groups is 1. The topological polar surface area (TPSA) is 29.1 Å². The Morgan fingerprint density at radius 2 is 1.55 bits per heavy atom. The standard InChI is InChI=1S/C33H28N3OS3/c1-34-25-17-9-10-18-26(25)38-28(34)21-29-35(2)32(37)27(39-29)20-24-16-11-19-36-30(22-12-5-3-6-13-22)31(40-33(24)36)23-14-7-4-8-15-23/h3-10,12-15,17-18,20-21H,11,16,19H2,1-2H3/q+1. The molecule has 2 aliphatic heterocycles. The molecule has 4 nitrogen and oxygen atoms in total. The van der Waals surface area contributed by atoms with Gasteiger partial charge in [0.05, 0.1) is 21.3 Å². The van der Waals surface area contributed by atoms with Crippen molar-refractivity contribution in [3.05, 3.63) is 131 Å². The van der Waals surface area contributed by atoms with Crippen LogP contribution in [0.1, 0.15) is 29.0 Å². The SMILES string of the molecule is Cn1c(=Cc2sc3ccccc3[n+]2C)sc(=CC2=C3SC(c4ccccc4)=C(c4ccccc4)N3CCC2)c1=O. The third kappa shape index (κ3) is 4.38. The predicted octanol–water partition coefficient (Wildman–Crippen LogP) is 5.68. The number of aromatic nitrogens is 2. The maximum atomic E-state index is 13.4. The van der Waals surface area contributed by atoms with Crippen LogP contribution in [0.25, 0.3) is 33.0 Å². The second kappa shape index (κ2) is 10.4. The molecule has 0 saturated carbocycles. The first-order chi connectivity index (χ1) is 19.6. The third-order valence-corrected chi connectivity index (χ3v) is 11.1. The zero-order valence-corrected chi connectivity index (χ0v) is 24.8. The Balaban J connectivity index is 1.35. The minimum atomic E-state index is 0.0627. The van der Waals surface area contributed by atoms with Crippen molar-refractivity contribution in [2.75, 3.05) is 6.54 Å². The number of para-hydroxylation sites is 1. The van der Waals surface area contributed by atoms with E-state index in [4.69, 9.17) is 0 Å². The van der Waals surface area contributed by atoms with Gasteiger partial charge in [0, 0.05) is 24.6 Å². The van der Waals surface area contributed by atoms with Crippen molar-refractivity contribution < 1.29 is 4.57 Å². The molecule has 198 valence electrons. The van der Waals surface area contributed by atoms with Crippen molar-refractivity contribution in [2.24, 2.45) is 14.1 Å². The van der Waals surface area contributed by atoms with E-state index in [9.17, 15) is 4.79 Å². The average Bonchev–Trinajstić information content (AvgIpc) is 3.63. The molecule has 4 heterocycles. The van der Waals surface area contributed by atoms with Crippen LogP contribution in [0.2, 0.25) is 0 Å². The van der Waals surface area contributed by atoms with Crippen molar-refractivity contribution in [2.45, 2.75) is 12.8 Å². The number of fused-ring (bicyclic) bond motifs is 2. The van der Waals surface area contributed by atoms with Gasteiger partial charge in [0.1, 0.15) is 16.4 Å². The number of nitrogens with zero attached hydrogens (tertiary/aromatic N) is 3. The number of rotatable bonds is 4. The summed E-state index contributed by atoms with van der Waals surface area (Å²) in [6, 6.07) is 29.8. The Kier molecular flexibility index (Phi) is 6.58. The van der Waals surface area contributed by atoms with E-state index in [1.165, 1.54) is 42.5 Å². The lowest BCUT2D eigenvalue weighted by molar-refractivity contribution is -0.642. The van der Waals surface area contributed by atoms with Gasteiger partial charge in [0.2, 0.25) is 5.52 Å². The Hall–Kier alpha value is -3.65. The van der Waals surface area contributed by atoms with Gasteiger partial charge in [-0.15, -0.1) is 11.3 Å². The lowest BCUT2D eigenvalue weighted by Crippen LogP contribution is -2.32. The van der Waals surface area contributed by atoms with E-state index < -0.39 is 0 Å². The van der Waals surface area contributed by atoms with Crippen LogP contribution in [0.4, 0.5) is 0 Å². The molecule has 2 aromatic heterocycles. The second-order valence-corrected chi connectivity index (χ2v) is 13.1. The van der Waals surface area contributed by atoms with Crippen LogP contribution in [0.5, 0.6) is 0 Å². The highest BCUT2D eigenvalue weighted by Gasteiger charge is 2.33. The molecule has 40 heavy (non-hydrogen) atoms.